The summed E-state index contributed by atoms with van der Waals surface area (Å²) in [5.74, 6) is -2.94. The van der Waals surface area contributed by atoms with Crippen LogP contribution in [0.2, 0.25) is 0 Å². The molecule has 0 saturated carbocycles. The van der Waals surface area contributed by atoms with E-state index < -0.39 is 5.92 Å². The molecule has 0 spiro atoms. The van der Waals surface area contributed by atoms with E-state index in [0.29, 0.717) is 3.57 Å². The third-order valence-electron chi connectivity index (χ3n) is 1.48. The van der Waals surface area contributed by atoms with Crippen molar-refractivity contribution in [2.75, 3.05) is 7.11 Å². The summed E-state index contributed by atoms with van der Waals surface area (Å²) in [7, 11) is 1.32. The Labute approximate surface area is 88.5 Å². The lowest BCUT2D eigenvalue weighted by atomic mass is 10.1. The summed E-state index contributed by atoms with van der Waals surface area (Å²) in [4.78, 5) is 3.75. The molecule has 0 saturated heterocycles. The van der Waals surface area contributed by atoms with Crippen molar-refractivity contribution < 1.29 is 13.5 Å². The Morgan fingerprint density at radius 1 is 1.54 bits per heavy atom. The maximum atomic E-state index is 13.0. The molecule has 1 rings (SSSR count). The second-order valence-electron chi connectivity index (χ2n) is 2.60. The Morgan fingerprint density at radius 3 is 2.62 bits per heavy atom. The van der Waals surface area contributed by atoms with Crippen LogP contribution in [-0.4, -0.2) is 12.1 Å². The summed E-state index contributed by atoms with van der Waals surface area (Å²) >= 11 is 1.93. The van der Waals surface area contributed by atoms with E-state index in [4.69, 9.17) is 4.74 Å². The quantitative estimate of drug-likeness (QED) is 0.783. The first kappa shape index (κ1) is 10.6. The number of halogens is 3. The van der Waals surface area contributed by atoms with Crippen LogP contribution < -0.4 is 4.74 Å². The number of hydrogen-bond acceptors (Lipinski definition) is 2. The number of rotatable bonds is 2. The summed E-state index contributed by atoms with van der Waals surface area (Å²) in [5.41, 5.74) is -0.179. The zero-order valence-corrected chi connectivity index (χ0v) is 9.30. The van der Waals surface area contributed by atoms with Gasteiger partial charge in [-0.05, 0) is 28.7 Å². The molecule has 0 N–H and O–H groups in total. The molecule has 0 bridgehead atoms. The van der Waals surface area contributed by atoms with Gasteiger partial charge in [-0.15, -0.1) is 0 Å². The molecule has 0 radical (unpaired) electrons. The predicted octanol–water partition coefficient (Wildman–Crippen LogP) is 2.81. The molecule has 72 valence electrons. The van der Waals surface area contributed by atoms with Gasteiger partial charge in [0.05, 0.1) is 12.7 Å². The van der Waals surface area contributed by atoms with Crippen molar-refractivity contribution in [3.63, 3.8) is 0 Å². The fraction of sp³-hybridized carbons (Fsp3) is 0.375. The lowest BCUT2D eigenvalue weighted by Crippen LogP contribution is -2.10. The van der Waals surface area contributed by atoms with Crippen LogP contribution in [0.15, 0.2) is 12.3 Å². The standard InChI is InChI=1S/C8H8F2INO/c1-8(9,10)6-3-5(11)4-12-7(6)13-2/h3-4H,1-2H3. The molecule has 0 amide bonds. The van der Waals surface area contributed by atoms with Gasteiger partial charge < -0.3 is 4.74 Å². The second-order valence-corrected chi connectivity index (χ2v) is 3.84. The monoisotopic (exact) mass is 299 g/mol. The molecule has 0 atom stereocenters. The minimum Gasteiger partial charge on any atom is -0.481 e. The number of nitrogens with zero attached hydrogens (tertiary/aromatic N) is 1. The summed E-state index contributed by atoms with van der Waals surface area (Å²) in [5, 5.41) is 0. The molecule has 1 aromatic heterocycles. The largest absolute Gasteiger partial charge is 0.481 e. The number of aromatic nitrogens is 1. The van der Waals surface area contributed by atoms with E-state index in [9.17, 15) is 8.78 Å². The van der Waals surface area contributed by atoms with Gasteiger partial charge in [0.1, 0.15) is 0 Å². The molecule has 2 nitrogen and oxygen atoms in total. The molecule has 0 aromatic carbocycles. The zero-order chi connectivity index (χ0) is 10.1. The fourth-order valence-electron chi connectivity index (χ4n) is 0.904. The third kappa shape index (κ3) is 2.49. The normalized spacial score (nSPS) is 11.5. The van der Waals surface area contributed by atoms with Crippen molar-refractivity contribution in [2.24, 2.45) is 0 Å². The van der Waals surface area contributed by atoms with E-state index in [1.807, 2.05) is 22.6 Å². The fourth-order valence-corrected chi connectivity index (χ4v) is 1.35. The first-order valence-corrected chi connectivity index (χ1v) is 4.61. The highest BCUT2D eigenvalue weighted by Crippen LogP contribution is 2.33. The average Bonchev–Trinajstić information content (AvgIpc) is 2.03. The second kappa shape index (κ2) is 3.73. The van der Waals surface area contributed by atoms with Crippen LogP contribution in [0.5, 0.6) is 5.88 Å². The van der Waals surface area contributed by atoms with Gasteiger partial charge in [0, 0.05) is 16.7 Å². The molecule has 0 unspecified atom stereocenters. The molecule has 0 aliphatic carbocycles. The Morgan fingerprint density at radius 2 is 2.15 bits per heavy atom. The molecule has 1 aromatic rings. The van der Waals surface area contributed by atoms with Crippen LogP contribution >= 0.6 is 22.6 Å². The van der Waals surface area contributed by atoms with Crippen molar-refractivity contribution in [2.45, 2.75) is 12.8 Å². The Kier molecular flexibility index (Phi) is 3.05. The topological polar surface area (TPSA) is 22.1 Å². The molecule has 5 heteroatoms. The van der Waals surface area contributed by atoms with Crippen molar-refractivity contribution >= 4 is 22.6 Å². The van der Waals surface area contributed by atoms with E-state index in [1.54, 1.807) is 0 Å². The van der Waals surface area contributed by atoms with Gasteiger partial charge >= 0.3 is 0 Å². The summed E-state index contributed by atoms with van der Waals surface area (Å²) < 4.78 is 31.3. The van der Waals surface area contributed by atoms with Crippen molar-refractivity contribution in [1.82, 2.24) is 4.98 Å². The van der Waals surface area contributed by atoms with Crippen LogP contribution in [0.1, 0.15) is 12.5 Å². The lowest BCUT2D eigenvalue weighted by Gasteiger charge is -2.13. The van der Waals surface area contributed by atoms with Crippen molar-refractivity contribution in [1.29, 1.82) is 0 Å². The Balaban J connectivity index is 3.24. The molecule has 0 aliphatic rings. The number of hydrogen-bond donors (Lipinski definition) is 0. The maximum absolute atomic E-state index is 13.0. The van der Waals surface area contributed by atoms with Gasteiger partial charge in [0.25, 0.3) is 5.92 Å². The maximum Gasteiger partial charge on any atom is 0.275 e. The van der Waals surface area contributed by atoms with Gasteiger partial charge in [0.2, 0.25) is 5.88 Å². The van der Waals surface area contributed by atoms with Gasteiger partial charge in [-0.3, -0.25) is 0 Å². The van der Waals surface area contributed by atoms with Gasteiger partial charge in [-0.1, -0.05) is 0 Å². The SMILES string of the molecule is COc1ncc(I)cc1C(C)(F)F. The first-order valence-electron chi connectivity index (χ1n) is 3.53. The van der Waals surface area contributed by atoms with Crippen LogP contribution in [0, 0.1) is 3.57 Å². The Bertz CT molecular complexity index is 312. The Hall–Kier alpha value is -0.460. The van der Waals surface area contributed by atoms with Crippen molar-refractivity contribution in [3.8, 4) is 5.88 Å². The summed E-state index contributed by atoms with van der Waals surface area (Å²) in [6.07, 6.45) is 1.48. The van der Waals surface area contributed by atoms with Crippen LogP contribution in [0.4, 0.5) is 8.78 Å². The summed E-state index contributed by atoms with van der Waals surface area (Å²) in [6, 6.07) is 1.37. The van der Waals surface area contributed by atoms with E-state index >= 15 is 0 Å². The number of pyridine rings is 1. The molecule has 0 aliphatic heterocycles. The first-order chi connectivity index (χ1) is 5.95. The summed E-state index contributed by atoms with van der Waals surface area (Å²) in [6.45, 7) is 0.822. The third-order valence-corrected chi connectivity index (χ3v) is 2.07. The van der Waals surface area contributed by atoms with Crippen LogP contribution in [0.3, 0.4) is 0 Å². The van der Waals surface area contributed by atoms with E-state index in [0.717, 1.165) is 6.92 Å². The molecular formula is C8H8F2INO. The predicted molar refractivity (Wildman–Crippen MR) is 53.1 cm³/mol. The van der Waals surface area contributed by atoms with Gasteiger partial charge in [0.15, 0.2) is 0 Å². The number of methoxy groups -OCH3 is 1. The van der Waals surface area contributed by atoms with E-state index in [-0.39, 0.29) is 11.4 Å². The van der Waals surface area contributed by atoms with Gasteiger partial charge in [-0.25, -0.2) is 13.8 Å². The molecule has 1 heterocycles. The highest BCUT2D eigenvalue weighted by Gasteiger charge is 2.29. The van der Waals surface area contributed by atoms with Crippen LogP contribution in [0.25, 0.3) is 0 Å². The minimum atomic E-state index is -2.92. The number of ether oxygens (including phenoxy) is 1. The van der Waals surface area contributed by atoms with E-state index in [1.165, 1.54) is 19.4 Å². The number of alkyl halides is 2. The highest BCUT2D eigenvalue weighted by atomic mass is 127. The van der Waals surface area contributed by atoms with E-state index in [2.05, 4.69) is 4.98 Å². The smallest absolute Gasteiger partial charge is 0.275 e. The molecule has 0 fully saturated rings. The highest BCUT2D eigenvalue weighted by molar-refractivity contribution is 14.1. The zero-order valence-electron chi connectivity index (χ0n) is 7.14. The van der Waals surface area contributed by atoms with Crippen LogP contribution in [-0.2, 0) is 5.92 Å². The van der Waals surface area contributed by atoms with Gasteiger partial charge in [-0.2, -0.15) is 0 Å². The van der Waals surface area contributed by atoms with Crippen molar-refractivity contribution in [3.05, 3.63) is 21.4 Å². The lowest BCUT2D eigenvalue weighted by molar-refractivity contribution is 0.0144. The molecular weight excluding hydrogens is 291 g/mol. The minimum absolute atomic E-state index is 0.0204. The average molecular weight is 299 g/mol. The molecule has 13 heavy (non-hydrogen) atoms.